The summed E-state index contributed by atoms with van der Waals surface area (Å²) in [5.41, 5.74) is -0.466. The fourth-order valence-corrected chi connectivity index (χ4v) is 5.88. The van der Waals surface area contributed by atoms with Gasteiger partial charge in [0.1, 0.15) is 24.8 Å². The SMILES string of the molecule is CC1(NC(=O)C2(F)CCN(c3cccc(-c4ccc(OCCF)cc4)n3)CC2)CCN2CCC1CC2. The van der Waals surface area contributed by atoms with Crippen molar-refractivity contribution >= 4 is 11.7 Å². The van der Waals surface area contributed by atoms with Gasteiger partial charge in [0.15, 0.2) is 5.67 Å². The number of carbonyl (C=O) groups excluding carboxylic acids is 1. The van der Waals surface area contributed by atoms with Gasteiger partial charge in [-0.2, -0.15) is 0 Å². The molecule has 2 aromatic rings. The quantitative estimate of drug-likeness (QED) is 0.614. The Morgan fingerprint density at radius 3 is 2.47 bits per heavy atom. The van der Waals surface area contributed by atoms with E-state index in [1.807, 2.05) is 30.3 Å². The number of halogens is 2. The number of anilines is 1. The summed E-state index contributed by atoms with van der Waals surface area (Å²) in [5, 5.41) is 3.17. The number of hydrogen-bond donors (Lipinski definition) is 1. The molecule has 36 heavy (non-hydrogen) atoms. The third-order valence-corrected chi connectivity index (χ3v) is 8.35. The van der Waals surface area contributed by atoms with Gasteiger partial charge < -0.3 is 19.9 Å². The number of fused-ring (bicyclic) bond motifs is 4. The standard InChI is InChI=1S/C28H36F2N4O2/c1-27(11-17-33-15-9-22(27)10-16-33)32-26(35)28(30)12-18-34(19-13-28)25-4-2-3-24(31-25)21-5-7-23(8-6-21)36-20-14-29/h2-8,22H,9-20H2,1H3,(H,32,35). The average molecular weight is 499 g/mol. The topological polar surface area (TPSA) is 57.7 Å². The summed E-state index contributed by atoms with van der Waals surface area (Å²) in [6.45, 7) is 5.61. The normalized spacial score (nSPS) is 27.4. The van der Waals surface area contributed by atoms with Gasteiger partial charge in [0.25, 0.3) is 5.91 Å². The molecule has 4 aliphatic heterocycles. The molecule has 6 nitrogen and oxygen atoms in total. The maximum Gasteiger partial charge on any atom is 0.258 e. The Hall–Kier alpha value is -2.74. The highest BCUT2D eigenvalue weighted by Gasteiger charge is 2.47. The molecule has 1 N–H and O–H groups in total. The number of carbonyl (C=O) groups is 1. The average Bonchev–Trinajstić information content (AvgIpc) is 3.16. The number of aromatic nitrogens is 1. The van der Waals surface area contributed by atoms with Crippen LogP contribution in [0.4, 0.5) is 14.6 Å². The van der Waals surface area contributed by atoms with E-state index in [2.05, 4.69) is 22.0 Å². The molecule has 0 aliphatic carbocycles. The summed E-state index contributed by atoms with van der Waals surface area (Å²) in [5.74, 6) is 1.36. The van der Waals surface area contributed by atoms with Gasteiger partial charge in [-0.1, -0.05) is 6.07 Å². The van der Waals surface area contributed by atoms with Crippen molar-refractivity contribution in [3.05, 3.63) is 42.5 Å². The van der Waals surface area contributed by atoms with Crippen molar-refractivity contribution in [3.63, 3.8) is 0 Å². The first-order chi connectivity index (χ1) is 17.4. The van der Waals surface area contributed by atoms with Crippen molar-refractivity contribution in [1.29, 1.82) is 0 Å². The Morgan fingerprint density at radius 2 is 1.78 bits per heavy atom. The second-order valence-corrected chi connectivity index (χ2v) is 10.6. The largest absolute Gasteiger partial charge is 0.491 e. The number of amides is 1. The molecule has 1 unspecified atom stereocenters. The molecule has 1 aromatic carbocycles. The van der Waals surface area contributed by atoms with E-state index in [9.17, 15) is 9.18 Å². The predicted molar refractivity (Wildman–Crippen MR) is 137 cm³/mol. The van der Waals surface area contributed by atoms with Crippen LogP contribution in [-0.4, -0.2) is 73.0 Å². The molecule has 8 heteroatoms. The first-order valence-corrected chi connectivity index (χ1v) is 13.1. The van der Waals surface area contributed by atoms with Crippen LogP contribution in [0.5, 0.6) is 5.75 Å². The molecule has 1 amide bonds. The fraction of sp³-hybridized carbons (Fsp3) is 0.571. The van der Waals surface area contributed by atoms with Crippen LogP contribution in [0.1, 0.15) is 39.0 Å². The lowest BCUT2D eigenvalue weighted by Crippen LogP contribution is -2.59. The van der Waals surface area contributed by atoms with Crippen LogP contribution in [-0.2, 0) is 4.79 Å². The number of nitrogens with one attached hydrogen (secondary N) is 1. The van der Waals surface area contributed by atoms with E-state index in [0.717, 1.165) is 56.0 Å². The highest BCUT2D eigenvalue weighted by atomic mass is 19.1. The predicted octanol–water partition coefficient (Wildman–Crippen LogP) is 4.40. The lowest BCUT2D eigenvalue weighted by molar-refractivity contribution is -0.137. The van der Waals surface area contributed by atoms with E-state index in [4.69, 9.17) is 9.72 Å². The zero-order chi connectivity index (χ0) is 25.2. The first kappa shape index (κ1) is 24.9. The summed E-state index contributed by atoms with van der Waals surface area (Å²) in [4.78, 5) is 22.5. The molecule has 4 aliphatic rings. The van der Waals surface area contributed by atoms with Crippen LogP contribution in [0.2, 0.25) is 0 Å². The minimum Gasteiger partial charge on any atom is -0.491 e. The molecule has 1 atom stereocenters. The second-order valence-electron chi connectivity index (χ2n) is 10.6. The molecule has 0 radical (unpaired) electrons. The number of benzene rings is 1. The van der Waals surface area contributed by atoms with E-state index >= 15 is 4.39 Å². The van der Waals surface area contributed by atoms with Crippen LogP contribution in [0, 0.1) is 5.92 Å². The van der Waals surface area contributed by atoms with Gasteiger partial charge in [-0.15, -0.1) is 0 Å². The van der Waals surface area contributed by atoms with Crippen molar-refractivity contribution in [3.8, 4) is 17.0 Å². The van der Waals surface area contributed by atoms with Crippen molar-refractivity contribution in [2.24, 2.45) is 5.92 Å². The second kappa shape index (κ2) is 10.3. The summed E-state index contributed by atoms with van der Waals surface area (Å²) < 4.78 is 33.5. The number of piperidine rings is 2. The summed E-state index contributed by atoms with van der Waals surface area (Å²) in [6, 6.07) is 13.2. The Labute approximate surface area is 212 Å². The van der Waals surface area contributed by atoms with E-state index in [1.54, 1.807) is 12.1 Å². The Bertz CT molecular complexity index is 1050. The number of hydrogen-bond acceptors (Lipinski definition) is 5. The van der Waals surface area contributed by atoms with E-state index < -0.39 is 18.3 Å². The van der Waals surface area contributed by atoms with Gasteiger partial charge in [0, 0.05) is 43.6 Å². The van der Waals surface area contributed by atoms with Gasteiger partial charge >= 0.3 is 0 Å². The molecule has 0 saturated carbocycles. The fourth-order valence-electron chi connectivity index (χ4n) is 5.88. The van der Waals surface area contributed by atoms with Crippen LogP contribution < -0.4 is 15.0 Å². The molecule has 1 aromatic heterocycles. The molecule has 0 spiro atoms. The third-order valence-electron chi connectivity index (χ3n) is 8.35. The molecule has 2 bridgehead atoms. The lowest BCUT2D eigenvalue weighted by Gasteiger charge is -2.41. The zero-order valence-electron chi connectivity index (χ0n) is 21.0. The highest BCUT2D eigenvalue weighted by Crippen LogP contribution is 2.37. The Balaban J connectivity index is 1.21. The van der Waals surface area contributed by atoms with Crippen molar-refractivity contribution in [2.45, 2.75) is 50.2 Å². The van der Waals surface area contributed by atoms with Gasteiger partial charge in [0.2, 0.25) is 0 Å². The minimum atomic E-state index is -1.85. The van der Waals surface area contributed by atoms with Gasteiger partial charge in [-0.25, -0.2) is 13.8 Å². The van der Waals surface area contributed by atoms with Crippen LogP contribution in [0.3, 0.4) is 0 Å². The first-order valence-electron chi connectivity index (χ1n) is 13.1. The number of pyridine rings is 1. The smallest absolute Gasteiger partial charge is 0.258 e. The van der Waals surface area contributed by atoms with Crippen LogP contribution >= 0.6 is 0 Å². The monoisotopic (exact) mass is 498 g/mol. The van der Waals surface area contributed by atoms with Gasteiger partial charge in [0.05, 0.1) is 5.69 Å². The van der Waals surface area contributed by atoms with Crippen LogP contribution in [0.15, 0.2) is 42.5 Å². The molecule has 194 valence electrons. The van der Waals surface area contributed by atoms with E-state index in [0.29, 0.717) is 24.8 Å². The number of rotatable bonds is 7. The van der Waals surface area contributed by atoms with E-state index in [1.165, 1.54) is 0 Å². The maximum absolute atomic E-state index is 15.9. The van der Waals surface area contributed by atoms with Crippen molar-refractivity contribution in [2.75, 3.05) is 50.9 Å². The maximum atomic E-state index is 15.9. The number of nitrogens with zero attached hydrogens (tertiary/aromatic N) is 3. The Kier molecular flexibility index (Phi) is 7.15. The van der Waals surface area contributed by atoms with Crippen molar-refractivity contribution < 1.29 is 18.3 Å². The van der Waals surface area contributed by atoms with Gasteiger partial charge in [-0.3, -0.25) is 4.79 Å². The van der Waals surface area contributed by atoms with Crippen LogP contribution in [0.25, 0.3) is 11.3 Å². The molecular weight excluding hydrogens is 462 g/mol. The molecule has 6 rings (SSSR count). The number of ether oxygens (including phenoxy) is 1. The molecule has 5 heterocycles. The third kappa shape index (κ3) is 5.19. The Morgan fingerprint density at radius 1 is 1.06 bits per heavy atom. The minimum absolute atomic E-state index is 0.0363. The lowest BCUT2D eigenvalue weighted by atomic mass is 9.78. The van der Waals surface area contributed by atoms with E-state index in [-0.39, 0.29) is 25.0 Å². The summed E-state index contributed by atoms with van der Waals surface area (Å²) in [7, 11) is 0. The molecular formula is C28H36F2N4O2. The van der Waals surface area contributed by atoms with Crippen molar-refractivity contribution in [1.82, 2.24) is 15.2 Å². The zero-order valence-corrected chi connectivity index (χ0v) is 21.0. The van der Waals surface area contributed by atoms with Gasteiger partial charge in [-0.05, 0) is 81.6 Å². The summed E-state index contributed by atoms with van der Waals surface area (Å²) >= 11 is 0. The number of alkyl halides is 2. The molecule has 4 fully saturated rings. The molecule has 4 saturated heterocycles. The summed E-state index contributed by atoms with van der Waals surface area (Å²) in [6.07, 6.45) is 3.32. The highest BCUT2D eigenvalue weighted by molar-refractivity contribution is 5.86.